The van der Waals surface area contributed by atoms with Crippen LogP contribution in [0.2, 0.25) is 0 Å². The van der Waals surface area contributed by atoms with Crippen LogP contribution in [0.5, 0.6) is 0 Å². The van der Waals surface area contributed by atoms with Crippen molar-refractivity contribution in [3.63, 3.8) is 0 Å². The van der Waals surface area contributed by atoms with Gasteiger partial charge in [-0.1, -0.05) is 4.40 Å². The zero-order chi connectivity index (χ0) is 29.4. The molecule has 1 aliphatic heterocycles. The fraction of sp³-hybridized carbons (Fsp3) is 0.310. The van der Waals surface area contributed by atoms with E-state index in [1.165, 1.54) is 12.1 Å². The molecular weight excluding hydrogens is 555 g/mol. The quantitative estimate of drug-likeness (QED) is 0.219. The molecule has 11 nitrogen and oxygen atoms in total. The maximum atomic E-state index is 13.6. The van der Waals surface area contributed by atoms with Crippen LogP contribution >= 0.6 is 0 Å². The predicted octanol–water partition coefficient (Wildman–Crippen LogP) is 3.69. The number of aromatic nitrogens is 7. The van der Waals surface area contributed by atoms with Crippen molar-refractivity contribution >= 4 is 34.4 Å². The number of rotatable bonds is 6. The van der Waals surface area contributed by atoms with Gasteiger partial charge in [0.25, 0.3) is 0 Å². The van der Waals surface area contributed by atoms with Gasteiger partial charge in [0.1, 0.15) is 39.5 Å². The SMILES string of the molecule is Cn1cc(-c2cc3c(N4CCN(c5ncc(/C(=N\[S@@+]([O-])C(C)(C)C)c6ccc(F)cc6)cn5)CC4)ncnn3c2)cn1. The summed E-state index contributed by atoms with van der Waals surface area (Å²) in [4.78, 5) is 18.2. The average Bonchev–Trinajstić information content (AvgIpc) is 3.62. The lowest BCUT2D eigenvalue weighted by Gasteiger charge is -2.35. The van der Waals surface area contributed by atoms with E-state index in [2.05, 4.69) is 45.4 Å². The molecule has 5 heterocycles. The van der Waals surface area contributed by atoms with Crippen molar-refractivity contribution in [3.8, 4) is 11.1 Å². The number of anilines is 2. The first-order valence-electron chi connectivity index (χ1n) is 13.6. The molecule has 4 aromatic heterocycles. The number of fused-ring (bicyclic) bond motifs is 1. The molecule has 5 aromatic rings. The van der Waals surface area contributed by atoms with Crippen LogP contribution in [0.3, 0.4) is 0 Å². The van der Waals surface area contributed by atoms with E-state index in [4.69, 9.17) is 0 Å². The summed E-state index contributed by atoms with van der Waals surface area (Å²) >= 11 is -1.52. The van der Waals surface area contributed by atoms with Gasteiger partial charge in [0, 0.05) is 80.3 Å². The first-order valence-corrected chi connectivity index (χ1v) is 14.7. The monoisotopic (exact) mass is 586 g/mol. The molecule has 1 fully saturated rings. The van der Waals surface area contributed by atoms with Gasteiger partial charge in [-0.2, -0.15) is 10.2 Å². The standard InChI is InChI=1S/C29H31FN10OS/c1-29(2,3)42(41)36-26(20-5-7-24(30)8-6-20)22-14-31-28(32-15-22)39-11-9-38(10-12-39)27-25-13-21(18-40(25)35-19-33-27)23-16-34-37(4)17-23/h5-8,13-19H,9-12H2,1-4H3/b36-26-/t42-/m0/s1. The molecule has 216 valence electrons. The van der Waals surface area contributed by atoms with E-state index in [9.17, 15) is 8.94 Å². The lowest BCUT2D eigenvalue weighted by Crippen LogP contribution is -2.47. The largest absolute Gasteiger partial charge is 0.591 e. The Morgan fingerprint density at radius 3 is 2.21 bits per heavy atom. The molecule has 6 rings (SSSR count). The third-order valence-corrected chi connectivity index (χ3v) is 8.41. The van der Waals surface area contributed by atoms with Crippen LogP contribution in [0.4, 0.5) is 16.2 Å². The van der Waals surface area contributed by atoms with Crippen LogP contribution in [-0.4, -0.2) is 75.5 Å². The second-order valence-corrected chi connectivity index (χ2v) is 13.0. The summed E-state index contributed by atoms with van der Waals surface area (Å²) in [6, 6.07) is 8.05. The molecule has 0 unspecified atom stereocenters. The van der Waals surface area contributed by atoms with Crippen LogP contribution < -0.4 is 9.80 Å². The summed E-state index contributed by atoms with van der Waals surface area (Å²) in [5.74, 6) is 1.13. The van der Waals surface area contributed by atoms with Crippen molar-refractivity contribution in [1.82, 2.24) is 34.3 Å². The summed E-state index contributed by atoms with van der Waals surface area (Å²) in [6.45, 7) is 8.46. The zero-order valence-corrected chi connectivity index (χ0v) is 24.7. The molecule has 0 amide bonds. The van der Waals surface area contributed by atoms with Crippen molar-refractivity contribution in [1.29, 1.82) is 0 Å². The Labute approximate surface area is 246 Å². The van der Waals surface area contributed by atoms with Crippen molar-refractivity contribution < 1.29 is 8.94 Å². The van der Waals surface area contributed by atoms with Gasteiger partial charge in [-0.3, -0.25) is 4.68 Å². The van der Waals surface area contributed by atoms with Gasteiger partial charge in [0.05, 0.1) is 6.20 Å². The molecule has 42 heavy (non-hydrogen) atoms. The number of benzene rings is 1. The Kier molecular flexibility index (Phi) is 7.37. The number of aryl methyl sites for hydroxylation is 1. The smallest absolute Gasteiger partial charge is 0.225 e. The van der Waals surface area contributed by atoms with Crippen LogP contribution in [-0.2, 0) is 18.4 Å². The van der Waals surface area contributed by atoms with E-state index >= 15 is 0 Å². The fourth-order valence-electron chi connectivity index (χ4n) is 4.71. The molecule has 1 atom stereocenters. The van der Waals surface area contributed by atoms with E-state index < -0.39 is 16.1 Å². The Hall–Kier alpha value is -4.36. The maximum Gasteiger partial charge on any atom is 0.225 e. The Bertz CT molecular complexity index is 1720. The van der Waals surface area contributed by atoms with Gasteiger partial charge in [0.15, 0.2) is 5.82 Å². The van der Waals surface area contributed by atoms with E-state index in [1.807, 2.05) is 50.9 Å². The molecule has 0 spiro atoms. The summed E-state index contributed by atoms with van der Waals surface area (Å²) < 4.78 is 34.1. The third kappa shape index (κ3) is 5.70. The lowest BCUT2D eigenvalue weighted by atomic mass is 10.1. The van der Waals surface area contributed by atoms with Crippen LogP contribution in [0.1, 0.15) is 31.9 Å². The summed E-state index contributed by atoms with van der Waals surface area (Å²) in [5, 5.41) is 8.68. The van der Waals surface area contributed by atoms with Crippen molar-refractivity contribution in [2.45, 2.75) is 25.5 Å². The molecular formula is C29H31FN10OS. The number of hydrogen-bond acceptors (Lipinski definition) is 9. The van der Waals surface area contributed by atoms with Crippen LogP contribution in [0, 0.1) is 5.82 Å². The molecule has 1 saturated heterocycles. The average molecular weight is 587 g/mol. The van der Waals surface area contributed by atoms with Gasteiger partial charge in [-0.25, -0.2) is 23.9 Å². The van der Waals surface area contributed by atoms with E-state index in [0.29, 0.717) is 35.9 Å². The van der Waals surface area contributed by atoms with Crippen LogP contribution in [0.25, 0.3) is 16.6 Å². The summed E-state index contributed by atoms with van der Waals surface area (Å²) in [5.41, 5.74) is 4.72. The topological polar surface area (TPSA) is 116 Å². The van der Waals surface area contributed by atoms with E-state index in [0.717, 1.165) is 35.6 Å². The zero-order valence-electron chi connectivity index (χ0n) is 23.8. The maximum absolute atomic E-state index is 13.6. The number of halogens is 1. The Morgan fingerprint density at radius 1 is 0.881 bits per heavy atom. The molecule has 0 radical (unpaired) electrons. The number of piperazine rings is 1. The van der Waals surface area contributed by atoms with Gasteiger partial charge in [0.2, 0.25) is 5.95 Å². The first-order chi connectivity index (χ1) is 20.2. The number of nitrogens with zero attached hydrogens (tertiary/aromatic N) is 10. The normalized spacial score (nSPS) is 15.4. The van der Waals surface area contributed by atoms with Gasteiger partial charge < -0.3 is 14.4 Å². The second-order valence-electron chi connectivity index (χ2n) is 11.1. The van der Waals surface area contributed by atoms with Gasteiger partial charge in [-0.15, -0.1) is 0 Å². The molecule has 0 N–H and O–H groups in total. The molecule has 1 aliphatic rings. The third-order valence-electron chi connectivity index (χ3n) is 7.01. The lowest BCUT2D eigenvalue weighted by molar-refractivity contribution is 0.561. The van der Waals surface area contributed by atoms with Gasteiger partial charge >= 0.3 is 0 Å². The Balaban J connectivity index is 1.19. The minimum absolute atomic E-state index is 0.352. The molecule has 1 aromatic carbocycles. The predicted molar refractivity (Wildman–Crippen MR) is 162 cm³/mol. The fourth-order valence-corrected chi connectivity index (χ4v) is 5.36. The van der Waals surface area contributed by atoms with Gasteiger partial charge in [-0.05, 0) is 51.1 Å². The van der Waals surface area contributed by atoms with Crippen LogP contribution in [0.15, 0.2) is 72.0 Å². The summed E-state index contributed by atoms with van der Waals surface area (Å²) in [7, 11) is 1.90. The second kappa shape index (κ2) is 11.1. The minimum Gasteiger partial charge on any atom is -0.591 e. The van der Waals surface area contributed by atoms with Crippen molar-refractivity contribution in [2.24, 2.45) is 11.4 Å². The highest BCUT2D eigenvalue weighted by Gasteiger charge is 2.28. The van der Waals surface area contributed by atoms with Crippen molar-refractivity contribution in [2.75, 3.05) is 36.0 Å². The van der Waals surface area contributed by atoms with E-state index in [1.54, 1.807) is 35.5 Å². The molecule has 0 saturated carbocycles. The molecule has 13 heteroatoms. The summed E-state index contributed by atoms with van der Waals surface area (Å²) in [6.07, 6.45) is 10.8. The molecule has 0 bridgehead atoms. The first kappa shape index (κ1) is 27.8. The Morgan fingerprint density at radius 2 is 1.57 bits per heavy atom. The minimum atomic E-state index is -1.52. The highest BCUT2D eigenvalue weighted by molar-refractivity contribution is 7.91. The van der Waals surface area contributed by atoms with Crippen molar-refractivity contribution in [3.05, 3.63) is 84.6 Å². The molecule has 0 aliphatic carbocycles. The van der Waals surface area contributed by atoms with E-state index in [-0.39, 0.29) is 5.82 Å². The highest BCUT2D eigenvalue weighted by atomic mass is 32.2. The highest BCUT2D eigenvalue weighted by Crippen LogP contribution is 2.27. The number of hydrogen-bond donors (Lipinski definition) is 0.